The zero-order valence-corrected chi connectivity index (χ0v) is 18.9. The second-order valence-corrected chi connectivity index (χ2v) is 8.23. The number of halogens is 7. The fraction of sp³-hybridized carbons (Fsp3) is 0.292. The van der Waals surface area contributed by atoms with Crippen molar-refractivity contribution in [1.82, 2.24) is 14.9 Å². The normalized spacial score (nSPS) is 14.7. The molecule has 0 saturated carbocycles. The maximum absolute atomic E-state index is 15.0. The molecule has 0 spiro atoms. The van der Waals surface area contributed by atoms with Crippen molar-refractivity contribution in [3.8, 4) is 11.1 Å². The minimum absolute atomic E-state index is 0.137. The number of fused-ring (bicyclic) bond motifs is 1. The van der Waals surface area contributed by atoms with E-state index in [1.165, 1.54) is 13.1 Å². The minimum Gasteiger partial charge on any atom is -0.363 e. The van der Waals surface area contributed by atoms with E-state index in [1.54, 1.807) is 11.0 Å². The van der Waals surface area contributed by atoms with Crippen LogP contribution in [0.3, 0.4) is 0 Å². The first-order valence-electron chi connectivity index (χ1n) is 10.8. The van der Waals surface area contributed by atoms with E-state index in [-0.39, 0.29) is 11.5 Å². The Bertz CT molecular complexity index is 1330. The Balaban J connectivity index is 1.64. The molecule has 1 atom stereocenters. The summed E-state index contributed by atoms with van der Waals surface area (Å²) in [5, 5.41) is 2.97. The van der Waals surface area contributed by atoms with Gasteiger partial charge in [0.25, 0.3) is 5.91 Å². The number of carbonyl (C=O) groups excluding carboxylic acids is 1. The molecule has 1 amide bonds. The van der Waals surface area contributed by atoms with Gasteiger partial charge in [-0.05, 0) is 49.7 Å². The first kappa shape index (κ1) is 25.4. The quantitative estimate of drug-likeness (QED) is 0.398. The van der Waals surface area contributed by atoms with Gasteiger partial charge in [0.1, 0.15) is 23.1 Å². The second-order valence-electron chi connectivity index (χ2n) is 8.23. The molecule has 3 aromatic rings. The third-order valence-electron chi connectivity index (χ3n) is 5.96. The highest BCUT2D eigenvalue weighted by Gasteiger charge is 2.60. The monoisotopic (exact) mass is 512 g/mol. The average Bonchev–Trinajstić information content (AvgIpc) is 3.16. The molecule has 1 aromatic carbocycles. The van der Waals surface area contributed by atoms with Gasteiger partial charge in [-0.15, -0.1) is 0 Å². The molecule has 0 saturated heterocycles. The van der Waals surface area contributed by atoms with E-state index in [4.69, 9.17) is 0 Å². The number of carbonyl (C=O) groups is 1. The highest BCUT2D eigenvalue weighted by Crippen LogP contribution is 2.44. The molecule has 2 aromatic heterocycles. The van der Waals surface area contributed by atoms with Crippen LogP contribution in [0.15, 0.2) is 42.7 Å². The lowest BCUT2D eigenvalue weighted by Gasteiger charge is -2.20. The van der Waals surface area contributed by atoms with E-state index in [1.807, 2.05) is 6.92 Å². The number of nitrogens with one attached hydrogen (secondary N) is 1. The Morgan fingerprint density at radius 2 is 1.69 bits per heavy atom. The summed E-state index contributed by atoms with van der Waals surface area (Å²) in [7, 11) is 0. The highest BCUT2D eigenvalue weighted by molar-refractivity contribution is 5.99. The molecule has 12 heteroatoms. The van der Waals surface area contributed by atoms with Crippen molar-refractivity contribution in [2.45, 2.75) is 38.5 Å². The van der Waals surface area contributed by atoms with Gasteiger partial charge in [-0.25, -0.2) is 13.8 Å². The Morgan fingerprint density at radius 1 is 1.00 bits per heavy atom. The number of aromatic nitrogens is 2. The lowest BCUT2D eigenvalue weighted by Crippen LogP contribution is -2.34. The summed E-state index contributed by atoms with van der Waals surface area (Å²) in [5.41, 5.74) is -1.61. The van der Waals surface area contributed by atoms with Crippen LogP contribution < -0.4 is 5.32 Å². The predicted molar refractivity (Wildman–Crippen MR) is 116 cm³/mol. The van der Waals surface area contributed by atoms with E-state index in [0.717, 1.165) is 18.2 Å². The summed E-state index contributed by atoms with van der Waals surface area (Å²) in [4.78, 5) is 21.3. The lowest BCUT2D eigenvalue weighted by atomic mass is 9.99. The lowest BCUT2D eigenvalue weighted by molar-refractivity contribution is -0.290. The molecule has 0 bridgehead atoms. The largest absolute Gasteiger partial charge is 0.459 e. The van der Waals surface area contributed by atoms with Crippen molar-refractivity contribution in [1.29, 1.82) is 0 Å². The van der Waals surface area contributed by atoms with Crippen LogP contribution in [0.2, 0.25) is 0 Å². The van der Waals surface area contributed by atoms with Crippen LogP contribution >= 0.6 is 0 Å². The maximum Gasteiger partial charge on any atom is 0.459 e. The smallest absolute Gasteiger partial charge is 0.363 e. The summed E-state index contributed by atoms with van der Waals surface area (Å²) >= 11 is 0. The van der Waals surface area contributed by atoms with Gasteiger partial charge in [0, 0.05) is 41.2 Å². The molecular weight excluding hydrogens is 493 g/mol. The molecule has 190 valence electrons. The van der Waals surface area contributed by atoms with Gasteiger partial charge < -0.3 is 10.2 Å². The molecule has 4 rings (SSSR count). The number of hydrogen-bond acceptors (Lipinski definition) is 4. The third kappa shape index (κ3) is 4.35. The highest BCUT2D eigenvalue weighted by atomic mass is 19.4. The van der Waals surface area contributed by atoms with Gasteiger partial charge in [-0.2, -0.15) is 22.0 Å². The molecule has 36 heavy (non-hydrogen) atoms. The topological polar surface area (TPSA) is 58.1 Å². The number of hydrogen-bond donors (Lipinski definition) is 1. The average molecular weight is 512 g/mol. The summed E-state index contributed by atoms with van der Waals surface area (Å²) < 4.78 is 95.5. The van der Waals surface area contributed by atoms with Crippen LogP contribution in [0.1, 0.15) is 47.1 Å². The second kappa shape index (κ2) is 9.07. The molecule has 5 nitrogen and oxygen atoms in total. The van der Waals surface area contributed by atoms with Crippen LogP contribution in [0.4, 0.5) is 36.6 Å². The van der Waals surface area contributed by atoms with Gasteiger partial charge >= 0.3 is 12.1 Å². The Labute approximate surface area is 201 Å². The molecule has 1 aliphatic rings. The Morgan fingerprint density at radius 3 is 2.36 bits per heavy atom. The summed E-state index contributed by atoms with van der Waals surface area (Å²) in [6.45, 7) is 4.13. The van der Waals surface area contributed by atoms with Crippen LogP contribution in [-0.2, 0) is 12.5 Å². The van der Waals surface area contributed by atoms with Crippen molar-refractivity contribution in [3.63, 3.8) is 0 Å². The van der Waals surface area contributed by atoms with Crippen molar-refractivity contribution in [3.05, 3.63) is 76.7 Å². The Kier molecular flexibility index (Phi) is 6.40. The number of alkyl halides is 5. The van der Waals surface area contributed by atoms with Crippen LogP contribution in [0.5, 0.6) is 0 Å². The first-order chi connectivity index (χ1) is 16.8. The van der Waals surface area contributed by atoms with Gasteiger partial charge in [-0.1, -0.05) is 0 Å². The minimum atomic E-state index is -5.90. The number of nitrogens with zero attached hydrogens (tertiary/aromatic N) is 3. The molecule has 1 aliphatic heterocycles. The van der Waals surface area contributed by atoms with Crippen LogP contribution in [-0.4, -0.2) is 33.5 Å². The van der Waals surface area contributed by atoms with E-state index in [2.05, 4.69) is 15.3 Å². The molecule has 0 radical (unpaired) electrons. The van der Waals surface area contributed by atoms with Gasteiger partial charge in [0.05, 0.1) is 12.6 Å². The molecule has 1 N–H and O–H groups in total. The summed E-state index contributed by atoms with van der Waals surface area (Å²) in [5.74, 6) is -7.08. The van der Waals surface area contributed by atoms with Crippen LogP contribution in [0, 0.1) is 11.6 Å². The van der Waals surface area contributed by atoms with Crippen molar-refractivity contribution in [2.24, 2.45) is 0 Å². The molecular formula is C24H19F7N4O. The van der Waals surface area contributed by atoms with Crippen molar-refractivity contribution in [2.75, 3.05) is 11.9 Å². The zero-order chi connectivity index (χ0) is 26.4. The third-order valence-corrected chi connectivity index (χ3v) is 5.96. The van der Waals surface area contributed by atoms with Crippen molar-refractivity contribution < 1.29 is 35.5 Å². The number of anilines is 1. The SMILES string of the molecule is CCN1Cc2c(ccnc2NC(C)c2cc(F)c(-c3ccnc(C(F)(F)C(F)(F)F)c3)cc2F)C1=O. The van der Waals surface area contributed by atoms with Crippen molar-refractivity contribution >= 4 is 11.7 Å². The van der Waals surface area contributed by atoms with Crippen LogP contribution in [0.25, 0.3) is 11.1 Å². The summed E-state index contributed by atoms with van der Waals surface area (Å²) in [6.07, 6.45) is -3.82. The van der Waals surface area contributed by atoms with Gasteiger partial charge in [0.15, 0.2) is 0 Å². The molecule has 1 unspecified atom stereocenters. The Hall–Kier alpha value is -3.70. The first-order valence-corrected chi connectivity index (χ1v) is 10.8. The van der Waals surface area contributed by atoms with E-state index in [9.17, 15) is 31.1 Å². The summed E-state index contributed by atoms with van der Waals surface area (Å²) in [6, 6.07) is 3.67. The van der Waals surface area contributed by atoms with E-state index < -0.39 is 46.6 Å². The molecule has 0 fully saturated rings. The number of benzene rings is 1. The van der Waals surface area contributed by atoms with Gasteiger partial charge in [-0.3, -0.25) is 9.78 Å². The standard InChI is InChI=1S/C24H19F7N4O/c1-3-35-11-17-14(22(35)36)5-7-33-21(17)34-12(2)15-9-19(26)16(10-18(15)25)13-4-6-32-20(8-13)23(27,28)24(29,30)31/h4-10,12H,3,11H2,1-2H3,(H,33,34). The molecule has 0 aliphatic carbocycles. The fourth-order valence-electron chi connectivity index (χ4n) is 3.98. The zero-order valence-electron chi connectivity index (χ0n) is 18.9. The number of pyridine rings is 2. The fourth-order valence-corrected chi connectivity index (χ4v) is 3.98. The predicted octanol–water partition coefficient (Wildman–Crippen LogP) is 6.22. The van der Waals surface area contributed by atoms with E-state index >= 15 is 4.39 Å². The number of amides is 1. The number of rotatable bonds is 6. The maximum atomic E-state index is 15.0. The van der Waals surface area contributed by atoms with E-state index in [0.29, 0.717) is 42.3 Å². The molecule has 3 heterocycles. The van der Waals surface area contributed by atoms with Gasteiger partial charge in [0.2, 0.25) is 0 Å².